The molecule has 3 rings (SSSR count). The molecule has 3 heterocycles. The third-order valence-electron chi connectivity index (χ3n) is 5.31. The summed E-state index contributed by atoms with van der Waals surface area (Å²) >= 11 is 0. The van der Waals surface area contributed by atoms with Gasteiger partial charge >= 0.3 is 0 Å². The number of aryl methyl sites for hydroxylation is 1. The molecule has 8 nitrogen and oxygen atoms in total. The van der Waals surface area contributed by atoms with Gasteiger partial charge in [0.1, 0.15) is 5.76 Å². The minimum atomic E-state index is -0.197. The Hall–Kier alpha value is -1.93. The van der Waals surface area contributed by atoms with E-state index >= 15 is 0 Å². The number of hydrogen-bond acceptors (Lipinski definition) is 6. The summed E-state index contributed by atoms with van der Waals surface area (Å²) in [5.74, 6) is 1.23. The van der Waals surface area contributed by atoms with Crippen molar-refractivity contribution in [2.45, 2.75) is 51.6 Å². The van der Waals surface area contributed by atoms with Crippen molar-refractivity contribution < 1.29 is 14.1 Å². The fourth-order valence-corrected chi connectivity index (χ4v) is 3.88. The van der Waals surface area contributed by atoms with Crippen LogP contribution < -0.4 is 10.6 Å². The summed E-state index contributed by atoms with van der Waals surface area (Å²) < 4.78 is 5.00. The van der Waals surface area contributed by atoms with E-state index in [0.29, 0.717) is 11.6 Å². The van der Waals surface area contributed by atoms with Crippen LogP contribution in [-0.4, -0.2) is 71.6 Å². The highest BCUT2D eigenvalue weighted by atomic mass is 16.5. The number of carbonyl (C=O) groups excluding carboxylic acids is 2. The number of aromatic nitrogens is 1. The first-order chi connectivity index (χ1) is 12.6. The van der Waals surface area contributed by atoms with Gasteiger partial charge in [0, 0.05) is 38.8 Å². The second-order valence-electron chi connectivity index (χ2n) is 7.11. The summed E-state index contributed by atoms with van der Waals surface area (Å²) in [6, 6.07) is 1.50. The number of rotatable bonds is 5. The molecule has 0 spiro atoms. The molecule has 0 aliphatic carbocycles. The second-order valence-corrected chi connectivity index (χ2v) is 7.11. The van der Waals surface area contributed by atoms with E-state index in [1.165, 1.54) is 0 Å². The third kappa shape index (κ3) is 4.42. The maximum Gasteiger partial charge on any atom is 0.242 e. The van der Waals surface area contributed by atoms with E-state index in [4.69, 9.17) is 4.52 Å². The standard InChI is InChI=1S/C18H29N5O3/c1-3-14(18(25)20-16-12-13(2)26-21-16)22-8-10-23(11-9-22)15-6-4-5-7-19-17(15)24/h12,14-15H,3-11H2,1-2H3,(H,19,24)(H,20,21,25)/t14-,15-/m1/s1. The molecular formula is C18H29N5O3. The summed E-state index contributed by atoms with van der Waals surface area (Å²) in [6.07, 6.45) is 3.80. The molecule has 1 aromatic heterocycles. The van der Waals surface area contributed by atoms with Gasteiger partial charge in [-0.1, -0.05) is 12.1 Å². The van der Waals surface area contributed by atoms with Gasteiger partial charge in [0.2, 0.25) is 11.8 Å². The molecule has 0 bridgehead atoms. The summed E-state index contributed by atoms with van der Waals surface area (Å²) in [6.45, 7) is 7.79. The fraction of sp³-hybridized carbons (Fsp3) is 0.722. The summed E-state index contributed by atoms with van der Waals surface area (Å²) in [5, 5.41) is 9.68. The Morgan fingerprint density at radius 3 is 2.81 bits per heavy atom. The largest absolute Gasteiger partial charge is 0.360 e. The van der Waals surface area contributed by atoms with Crippen LogP contribution in [0, 0.1) is 6.92 Å². The normalized spacial score (nSPS) is 23.9. The molecule has 0 saturated carbocycles. The number of nitrogens with one attached hydrogen (secondary N) is 2. The molecule has 8 heteroatoms. The Kier molecular flexibility index (Phi) is 6.26. The van der Waals surface area contributed by atoms with Crippen molar-refractivity contribution in [3.63, 3.8) is 0 Å². The number of carbonyl (C=O) groups is 2. The topological polar surface area (TPSA) is 90.7 Å². The predicted octanol–water partition coefficient (Wildman–Crippen LogP) is 0.986. The lowest BCUT2D eigenvalue weighted by atomic mass is 10.1. The lowest BCUT2D eigenvalue weighted by Gasteiger charge is -2.40. The van der Waals surface area contributed by atoms with Gasteiger partial charge in [-0.25, -0.2) is 0 Å². The van der Waals surface area contributed by atoms with Gasteiger partial charge < -0.3 is 15.2 Å². The minimum Gasteiger partial charge on any atom is -0.360 e. The van der Waals surface area contributed by atoms with Crippen molar-refractivity contribution in [3.05, 3.63) is 11.8 Å². The van der Waals surface area contributed by atoms with Gasteiger partial charge in [-0.2, -0.15) is 0 Å². The van der Waals surface area contributed by atoms with Crippen LogP contribution in [0.25, 0.3) is 0 Å². The van der Waals surface area contributed by atoms with Crippen LogP contribution in [-0.2, 0) is 9.59 Å². The summed E-state index contributed by atoms with van der Waals surface area (Å²) in [5.41, 5.74) is 0. The summed E-state index contributed by atoms with van der Waals surface area (Å²) in [7, 11) is 0. The molecular weight excluding hydrogens is 334 g/mol. The Balaban J connectivity index is 1.55. The molecule has 144 valence electrons. The Morgan fingerprint density at radius 1 is 1.38 bits per heavy atom. The van der Waals surface area contributed by atoms with E-state index in [2.05, 4.69) is 25.6 Å². The number of nitrogens with zero attached hydrogens (tertiary/aromatic N) is 3. The second kappa shape index (κ2) is 8.64. The molecule has 2 atom stereocenters. The average Bonchev–Trinajstić information content (AvgIpc) is 2.91. The van der Waals surface area contributed by atoms with Crippen LogP contribution in [0.4, 0.5) is 5.82 Å². The lowest BCUT2D eigenvalue weighted by Crippen LogP contribution is -2.57. The SMILES string of the molecule is CC[C@H](C(=O)Nc1cc(C)on1)N1CCN([C@@H]2CCCCNC2=O)CC1. The van der Waals surface area contributed by atoms with E-state index in [0.717, 1.165) is 58.4 Å². The molecule has 2 aliphatic rings. The quantitative estimate of drug-likeness (QED) is 0.811. The summed E-state index contributed by atoms with van der Waals surface area (Å²) in [4.78, 5) is 29.3. The van der Waals surface area contributed by atoms with Crippen molar-refractivity contribution in [1.82, 2.24) is 20.3 Å². The Labute approximate surface area is 154 Å². The molecule has 0 aromatic carbocycles. The number of piperazine rings is 1. The molecule has 2 amide bonds. The van der Waals surface area contributed by atoms with E-state index in [1.807, 2.05) is 6.92 Å². The zero-order valence-corrected chi connectivity index (χ0v) is 15.7. The molecule has 2 aliphatic heterocycles. The molecule has 26 heavy (non-hydrogen) atoms. The van der Waals surface area contributed by atoms with Crippen molar-refractivity contribution in [1.29, 1.82) is 0 Å². The zero-order chi connectivity index (χ0) is 18.5. The minimum absolute atomic E-state index is 0.0216. The zero-order valence-electron chi connectivity index (χ0n) is 15.7. The molecule has 2 saturated heterocycles. The smallest absolute Gasteiger partial charge is 0.242 e. The first-order valence-corrected chi connectivity index (χ1v) is 9.58. The van der Waals surface area contributed by atoms with Crippen molar-refractivity contribution in [2.24, 2.45) is 0 Å². The number of hydrogen-bond donors (Lipinski definition) is 2. The van der Waals surface area contributed by atoms with Crippen LogP contribution in [0.3, 0.4) is 0 Å². The van der Waals surface area contributed by atoms with Crippen LogP contribution in [0.2, 0.25) is 0 Å². The van der Waals surface area contributed by atoms with Crippen molar-refractivity contribution >= 4 is 17.6 Å². The maximum atomic E-state index is 12.6. The van der Waals surface area contributed by atoms with E-state index in [-0.39, 0.29) is 23.9 Å². The highest BCUT2D eigenvalue weighted by molar-refractivity contribution is 5.94. The molecule has 1 aromatic rings. The first-order valence-electron chi connectivity index (χ1n) is 9.58. The van der Waals surface area contributed by atoms with Crippen LogP contribution in [0.1, 0.15) is 38.4 Å². The third-order valence-corrected chi connectivity index (χ3v) is 5.31. The average molecular weight is 363 g/mol. The Bertz CT molecular complexity index is 624. The van der Waals surface area contributed by atoms with Crippen molar-refractivity contribution in [3.8, 4) is 0 Å². The molecule has 0 radical (unpaired) electrons. The fourth-order valence-electron chi connectivity index (χ4n) is 3.88. The first kappa shape index (κ1) is 18.8. The Morgan fingerprint density at radius 2 is 2.15 bits per heavy atom. The maximum absolute atomic E-state index is 12.6. The molecule has 2 fully saturated rings. The highest BCUT2D eigenvalue weighted by Crippen LogP contribution is 2.18. The van der Waals surface area contributed by atoms with E-state index < -0.39 is 0 Å². The van der Waals surface area contributed by atoms with Crippen molar-refractivity contribution in [2.75, 3.05) is 38.0 Å². The predicted molar refractivity (Wildman–Crippen MR) is 97.7 cm³/mol. The van der Waals surface area contributed by atoms with E-state index in [9.17, 15) is 9.59 Å². The van der Waals surface area contributed by atoms with Crippen LogP contribution >= 0.6 is 0 Å². The van der Waals surface area contributed by atoms with Gasteiger partial charge in [-0.05, 0) is 32.6 Å². The van der Waals surface area contributed by atoms with Gasteiger partial charge in [-0.3, -0.25) is 19.4 Å². The monoisotopic (exact) mass is 363 g/mol. The molecule has 2 N–H and O–H groups in total. The lowest BCUT2D eigenvalue weighted by molar-refractivity contribution is -0.128. The van der Waals surface area contributed by atoms with Crippen LogP contribution in [0.5, 0.6) is 0 Å². The van der Waals surface area contributed by atoms with Gasteiger partial charge in [0.25, 0.3) is 0 Å². The van der Waals surface area contributed by atoms with E-state index in [1.54, 1.807) is 13.0 Å². The van der Waals surface area contributed by atoms with Gasteiger partial charge in [-0.15, -0.1) is 0 Å². The van der Waals surface area contributed by atoms with Gasteiger partial charge in [0.15, 0.2) is 5.82 Å². The highest BCUT2D eigenvalue weighted by Gasteiger charge is 2.33. The number of amides is 2. The van der Waals surface area contributed by atoms with Gasteiger partial charge in [0.05, 0.1) is 12.1 Å². The van der Waals surface area contributed by atoms with Crippen LogP contribution in [0.15, 0.2) is 10.6 Å². The number of anilines is 1. The molecule has 0 unspecified atom stereocenters.